The first kappa shape index (κ1) is 11.6. The first-order chi connectivity index (χ1) is 7.81. The fourth-order valence-electron chi connectivity index (χ4n) is 2.21. The lowest BCUT2D eigenvalue weighted by atomic mass is 10.2. The van der Waals surface area contributed by atoms with E-state index < -0.39 is 0 Å². The lowest BCUT2D eigenvalue weighted by molar-refractivity contribution is 0.160. The molecule has 0 saturated carbocycles. The minimum absolute atomic E-state index is 0.484. The van der Waals surface area contributed by atoms with Gasteiger partial charge in [0.05, 0.1) is 0 Å². The molecule has 1 aliphatic rings. The Balaban J connectivity index is 1.86. The van der Waals surface area contributed by atoms with Crippen molar-refractivity contribution in [2.24, 2.45) is 5.73 Å². The van der Waals surface area contributed by atoms with Crippen molar-refractivity contribution in [3.63, 3.8) is 0 Å². The van der Waals surface area contributed by atoms with Crippen LogP contribution in [0.2, 0.25) is 0 Å². The van der Waals surface area contributed by atoms with Crippen LogP contribution >= 0.6 is 0 Å². The summed E-state index contributed by atoms with van der Waals surface area (Å²) in [5, 5.41) is 3.38. The van der Waals surface area contributed by atoms with Crippen LogP contribution in [0.4, 0.5) is 0 Å². The summed E-state index contributed by atoms with van der Waals surface area (Å²) in [5.74, 6) is 1.08. The molecule has 1 aromatic heterocycles. The van der Waals surface area contributed by atoms with Gasteiger partial charge < -0.3 is 15.6 Å². The lowest BCUT2D eigenvalue weighted by Crippen LogP contribution is -2.54. The summed E-state index contributed by atoms with van der Waals surface area (Å²) in [4.78, 5) is 6.70. The molecule has 1 atom stereocenters. The predicted octanol–water partition coefficient (Wildman–Crippen LogP) is -0.576. The van der Waals surface area contributed by atoms with E-state index in [2.05, 4.69) is 19.8 Å². The first-order valence-corrected chi connectivity index (χ1v) is 5.94. The second-order valence-electron chi connectivity index (χ2n) is 4.30. The number of hydrogen-bond acceptors (Lipinski definition) is 4. The number of nitrogens with one attached hydrogen (secondary N) is 1. The Morgan fingerprint density at radius 1 is 1.56 bits per heavy atom. The second-order valence-corrected chi connectivity index (χ2v) is 4.30. The van der Waals surface area contributed by atoms with Crippen LogP contribution in [0.25, 0.3) is 0 Å². The Labute approximate surface area is 96.6 Å². The molecule has 3 N–H and O–H groups in total. The maximum atomic E-state index is 5.77. The highest BCUT2D eigenvalue weighted by atomic mass is 15.2. The van der Waals surface area contributed by atoms with Crippen LogP contribution in [0, 0.1) is 6.92 Å². The van der Waals surface area contributed by atoms with E-state index in [0.717, 1.165) is 45.1 Å². The minimum Gasteiger partial charge on any atom is -0.334 e. The van der Waals surface area contributed by atoms with Gasteiger partial charge in [0.2, 0.25) is 0 Å². The van der Waals surface area contributed by atoms with E-state index in [-0.39, 0.29) is 0 Å². The number of aryl methyl sites for hydroxylation is 1. The Kier molecular flexibility index (Phi) is 3.93. The molecule has 0 aliphatic carbocycles. The number of nitrogens with zero attached hydrogens (tertiary/aromatic N) is 3. The van der Waals surface area contributed by atoms with Crippen molar-refractivity contribution in [2.45, 2.75) is 19.5 Å². The van der Waals surface area contributed by atoms with E-state index in [9.17, 15) is 0 Å². The van der Waals surface area contributed by atoms with E-state index in [0.29, 0.717) is 6.04 Å². The van der Waals surface area contributed by atoms with E-state index >= 15 is 0 Å². The third-order valence-electron chi connectivity index (χ3n) is 3.30. The average molecular weight is 223 g/mol. The van der Waals surface area contributed by atoms with Crippen LogP contribution in [0.5, 0.6) is 0 Å². The number of hydrogen-bond donors (Lipinski definition) is 2. The van der Waals surface area contributed by atoms with Crippen molar-refractivity contribution < 1.29 is 0 Å². The fourth-order valence-corrected chi connectivity index (χ4v) is 2.21. The van der Waals surface area contributed by atoms with Gasteiger partial charge in [0, 0.05) is 57.7 Å². The number of aromatic nitrogens is 2. The first-order valence-electron chi connectivity index (χ1n) is 5.94. The van der Waals surface area contributed by atoms with Crippen LogP contribution in [0.3, 0.4) is 0 Å². The van der Waals surface area contributed by atoms with E-state index in [1.165, 1.54) is 0 Å². The van der Waals surface area contributed by atoms with Crippen molar-refractivity contribution in [3.05, 3.63) is 18.2 Å². The molecule has 0 amide bonds. The standard InChI is InChI=1S/C11H21N5/c1-10-14-3-5-15(10)6-7-16-4-2-13-9-11(16)8-12/h3,5,11,13H,2,4,6-9,12H2,1H3. The molecule has 2 heterocycles. The van der Waals surface area contributed by atoms with Crippen LogP contribution in [-0.2, 0) is 6.54 Å². The Morgan fingerprint density at radius 2 is 2.44 bits per heavy atom. The minimum atomic E-state index is 0.484. The highest BCUT2D eigenvalue weighted by Crippen LogP contribution is 2.03. The molecule has 1 aliphatic heterocycles. The van der Waals surface area contributed by atoms with Crippen molar-refractivity contribution in [3.8, 4) is 0 Å². The largest absolute Gasteiger partial charge is 0.334 e. The quantitative estimate of drug-likeness (QED) is 0.717. The zero-order valence-electron chi connectivity index (χ0n) is 9.89. The molecular formula is C11H21N5. The summed E-state index contributed by atoms with van der Waals surface area (Å²) in [6, 6.07) is 0.484. The van der Waals surface area contributed by atoms with Crippen LogP contribution < -0.4 is 11.1 Å². The number of nitrogens with two attached hydrogens (primary N) is 1. The molecule has 1 unspecified atom stereocenters. The van der Waals surface area contributed by atoms with Crippen molar-refractivity contribution in [1.82, 2.24) is 19.8 Å². The second kappa shape index (κ2) is 5.43. The highest BCUT2D eigenvalue weighted by molar-refractivity contribution is 4.89. The van der Waals surface area contributed by atoms with Gasteiger partial charge in [-0.15, -0.1) is 0 Å². The molecule has 5 heteroatoms. The van der Waals surface area contributed by atoms with Gasteiger partial charge in [-0.1, -0.05) is 0 Å². The third kappa shape index (κ3) is 2.61. The summed E-state index contributed by atoms with van der Waals surface area (Å²) in [5.41, 5.74) is 5.77. The lowest BCUT2D eigenvalue weighted by Gasteiger charge is -2.35. The number of rotatable bonds is 4. The van der Waals surface area contributed by atoms with Gasteiger partial charge in [-0.25, -0.2) is 4.98 Å². The molecule has 1 aromatic rings. The molecule has 0 spiro atoms. The molecule has 5 nitrogen and oxygen atoms in total. The zero-order valence-corrected chi connectivity index (χ0v) is 9.89. The summed E-state index contributed by atoms with van der Waals surface area (Å²) >= 11 is 0. The highest BCUT2D eigenvalue weighted by Gasteiger charge is 2.20. The van der Waals surface area contributed by atoms with Crippen molar-refractivity contribution >= 4 is 0 Å². The predicted molar refractivity (Wildman–Crippen MR) is 64.2 cm³/mol. The smallest absolute Gasteiger partial charge is 0.105 e. The number of imidazole rings is 1. The summed E-state index contributed by atoms with van der Waals surface area (Å²) in [7, 11) is 0. The van der Waals surface area contributed by atoms with Crippen LogP contribution in [-0.4, -0.2) is 53.2 Å². The number of piperazine rings is 1. The summed E-state index contributed by atoms with van der Waals surface area (Å²) < 4.78 is 2.19. The fraction of sp³-hybridized carbons (Fsp3) is 0.727. The van der Waals surface area contributed by atoms with Gasteiger partial charge >= 0.3 is 0 Å². The normalized spacial score (nSPS) is 22.5. The van der Waals surface area contributed by atoms with Gasteiger partial charge in [0.25, 0.3) is 0 Å². The van der Waals surface area contributed by atoms with Crippen molar-refractivity contribution in [1.29, 1.82) is 0 Å². The molecule has 1 fully saturated rings. The monoisotopic (exact) mass is 223 g/mol. The van der Waals surface area contributed by atoms with E-state index in [1.54, 1.807) is 0 Å². The summed E-state index contributed by atoms with van der Waals surface area (Å²) in [6.07, 6.45) is 3.89. The molecular weight excluding hydrogens is 202 g/mol. The molecule has 0 aromatic carbocycles. The Morgan fingerprint density at radius 3 is 3.12 bits per heavy atom. The third-order valence-corrected chi connectivity index (χ3v) is 3.30. The summed E-state index contributed by atoms with van der Waals surface area (Å²) in [6.45, 7) is 8.01. The molecule has 0 bridgehead atoms. The Hall–Kier alpha value is -0.910. The molecule has 90 valence electrons. The van der Waals surface area contributed by atoms with E-state index in [4.69, 9.17) is 5.73 Å². The zero-order chi connectivity index (χ0) is 11.4. The van der Waals surface area contributed by atoms with E-state index in [1.807, 2.05) is 19.3 Å². The van der Waals surface area contributed by atoms with Gasteiger partial charge in [-0.2, -0.15) is 0 Å². The van der Waals surface area contributed by atoms with Gasteiger partial charge in [0.15, 0.2) is 0 Å². The average Bonchev–Trinajstić information content (AvgIpc) is 2.72. The van der Waals surface area contributed by atoms with Gasteiger partial charge in [0.1, 0.15) is 5.82 Å². The van der Waals surface area contributed by atoms with Crippen LogP contribution in [0.1, 0.15) is 5.82 Å². The molecule has 1 saturated heterocycles. The SMILES string of the molecule is Cc1nccn1CCN1CCNCC1CN. The maximum Gasteiger partial charge on any atom is 0.105 e. The topological polar surface area (TPSA) is 59.1 Å². The van der Waals surface area contributed by atoms with Crippen molar-refractivity contribution in [2.75, 3.05) is 32.7 Å². The van der Waals surface area contributed by atoms with Gasteiger partial charge in [-0.05, 0) is 6.92 Å². The Bertz CT molecular complexity index is 322. The molecule has 2 rings (SSSR count). The maximum absolute atomic E-state index is 5.77. The molecule has 16 heavy (non-hydrogen) atoms. The molecule has 0 radical (unpaired) electrons. The van der Waals surface area contributed by atoms with Gasteiger partial charge in [-0.3, -0.25) is 4.90 Å². The van der Waals surface area contributed by atoms with Crippen LogP contribution in [0.15, 0.2) is 12.4 Å².